The molecule has 1 aromatic carbocycles. The summed E-state index contributed by atoms with van der Waals surface area (Å²) in [6.45, 7) is 4.56. The first-order valence-electron chi connectivity index (χ1n) is 6.37. The molecule has 1 rings (SSSR count). The number of hydrogen-bond acceptors (Lipinski definition) is 2. The van der Waals surface area contributed by atoms with Crippen LogP contribution in [0.5, 0.6) is 0 Å². The molecule has 98 valence electrons. The van der Waals surface area contributed by atoms with Gasteiger partial charge in [-0.25, -0.2) is 0 Å². The van der Waals surface area contributed by atoms with Crippen molar-refractivity contribution in [3.63, 3.8) is 0 Å². The Morgan fingerprint density at radius 2 is 1.72 bits per heavy atom. The highest BCUT2D eigenvalue weighted by Gasteiger charge is 2.20. The zero-order chi connectivity index (χ0) is 13.4. The monoisotopic (exact) mass is 262 g/mol. The molecule has 0 radical (unpaired) electrons. The van der Waals surface area contributed by atoms with E-state index < -0.39 is 8.07 Å². The second-order valence-corrected chi connectivity index (χ2v) is 9.14. The van der Waals surface area contributed by atoms with Crippen molar-refractivity contribution in [2.45, 2.75) is 25.9 Å². The van der Waals surface area contributed by atoms with E-state index in [2.05, 4.69) is 48.8 Å². The standard InChI is InChI=1S/C15H22O2Si/c1-18(2,15-9-4-3-5-10-15)11-7-6-8-14(12-16)13-17/h3-5,9-10,14,16-17H,6,8,12-13H2,1-2H3. The molecule has 0 amide bonds. The molecule has 0 unspecified atom stereocenters. The van der Waals surface area contributed by atoms with E-state index in [4.69, 9.17) is 10.2 Å². The minimum Gasteiger partial charge on any atom is -0.396 e. The minimum atomic E-state index is -1.66. The van der Waals surface area contributed by atoms with Crippen LogP contribution in [0.25, 0.3) is 0 Å². The summed E-state index contributed by atoms with van der Waals surface area (Å²) >= 11 is 0. The average molecular weight is 262 g/mol. The maximum Gasteiger partial charge on any atom is 0.162 e. The first-order chi connectivity index (χ1) is 8.60. The summed E-state index contributed by atoms with van der Waals surface area (Å²) in [6.07, 6.45) is 1.51. The molecular formula is C15H22O2Si. The summed E-state index contributed by atoms with van der Waals surface area (Å²) in [6, 6.07) is 10.4. The molecule has 2 nitrogen and oxygen atoms in total. The SMILES string of the molecule is C[Si](C)(C#CCCC(CO)CO)c1ccccc1. The normalized spacial score (nSPS) is 11.2. The third-order valence-corrected chi connectivity index (χ3v) is 5.67. The number of aliphatic hydroxyl groups excluding tert-OH is 2. The number of rotatable bonds is 5. The first-order valence-corrected chi connectivity index (χ1v) is 9.37. The van der Waals surface area contributed by atoms with Gasteiger partial charge in [0.15, 0.2) is 8.07 Å². The van der Waals surface area contributed by atoms with Gasteiger partial charge in [0.2, 0.25) is 0 Å². The van der Waals surface area contributed by atoms with Crippen LogP contribution in [-0.4, -0.2) is 31.5 Å². The lowest BCUT2D eigenvalue weighted by Crippen LogP contribution is -2.39. The van der Waals surface area contributed by atoms with Crippen LogP contribution in [0, 0.1) is 17.4 Å². The Balaban J connectivity index is 2.56. The summed E-state index contributed by atoms with van der Waals surface area (Å²) in [7, 11) is -1.66. The van der Waals surface area contributed by atoms with Crippen LogP contribution in [0.1, 0.15) is 12.8 Å². The van der Waals surface area contributed by atoms with Crippen molar-refractivity contribution < 1.29 is 10.2 Å². The molecule has 3 heteroatoms. The second kappa shape index (κ2) is 7.37. The van der Waals surface area contributed by atoms with Gasteiger partial charge in [-0.3, -0.25) is 0 Å². The predicted octanol–water partition coefficient (Wildman–Crippen LogP) is 1.53. The van der Waals surface area contributed by atoms with Gasteiger partial charge in [0, 0.05) is 25.6 Å². The van der Waals surface area contributed by atoms with Crippen molar-refractivity contribution in [3.8, 4) is 11.5 Å². The molecule has 1 aromatic rings. The quantitative estimate of drug-likeness (QED) is 0.624. The molecule has 0 saturated heterocycles. The molecule has 0 heterocycles. The highest BCUT2D eigenvalue weighted by molar-refractivity contribution is 6.96. The van der Waals surface area contributed by atoms with Gasteiger partial charge in [-0.15, -0.1) is 11.5 Å². The topological polar surface area (TPSA) is 40.5 Å². The van der Waals surface area contributed by atoms with E-state index >= 15 is 0 Å². The van der Waals surface area contributed by atoms with E-state index in [-0.39, 0.29) is 19.1 Å². The van der Waals surface area contributed by atoms with Crippen LogP contribution in [-0.2, 0) is 0 Å². The highest BCUT2D eigenvalue weighted by atomic mass is 28.3. The molecule has 0 aliphatic heterocycles. The minimum absolute atomic E-state index is 0.0270. The zero-order valence-electron chi connectivity index (χ0n) is 11.2. The molecule has 0 aliphatic carbocycles. The van der Waals surface area contributed by atoms with Gasteiger partial charge in [0.1, 0.15) is 0 Å². The van der Waals surface area contributed by atoms with E-state index in [9.17, 15) is 0 Å². The maximum atomic E-state index is 8.96. The van der Waals surface area contributed by atoms with Gasteiger partial charge < -0.3 is 10.2 Å². The largest absolute Gasteiger partial charge is 0.396 e. The molecule has 0 bridgehead atoms. The van der Waals surface area contributed by atoms with Crippen molar-refractivity contribution in [3.05, 3.63) is 30.3 Å². The highest BCUT2D eigenvalue weighted by Crippen LogP contribution is 2.05. The molecule has 0 atom stereocenters. The third-order valence-electron chi connectivity index (χ3n) is 3.09. The van der Waals surface area contributed by atoms with E-state index in [1.165, 1.54) is 5.19 Å². The lowest BCUT2D eigenvalue weighted by atomic mass is 10.1. The van der Waals surface area contributed by atoms with Crippen LogP contribution in [0.15, 0.2) is 30.3 Å². The Hall–Kier alpha value is -1.08. The Morgan fingerprint density at radius 1 is 1.11 bits per heavy atom. The third kappa shape index (κ3) is 4.65. The summed E-state index contributed by atoms with van der Waals surface area (Å²) < 4.78 is 0. The van der Waals surface area contributed by atoms with Crippen molar-refractivity contribution in [2.24, 2.45) is 5.92 Å². The predicted molar refractivity (Wildman–Crippen MR) is 78.2 cm³/mol. The zero-order valence-corrected chi connectivity index (χ0v) is 12.2. The Bertz CT molecular complexity index is 399. The number of hydrogen-bond donors (Lipinski definition) is 2. The first kappa shape index (κ1) is 15.0. The fourth-order valence-electron chi connectivity index (χ4n) is 1.73. The fraction of sp³-hybridized carbons (Fsp3) is 0.467. The maximum absolute atomic E-state index is 8.96. The van der Waals surface area contributed by atoms with E-state index in [0.29, 0.717) is 0 Å². The van der Waals surface area contributed by atoms with Crippen LogP contribution < -0.4 is 5.19 Å². The molecule has 0 spiro atoms. The van der Waals surface area contributed by atoms with Gasteiger partial charge in [0.25, 0.3) is 0 Å². The van der Waals surface area contributed by atoms with Crippen molar-refractivity contribution >= 4 is 13.3 Å². The molecule has 0 aromatic heterocycles. The van der Waals surface area contributed by atoms with Gasteiger partial charge in [-0.1, -0.05) is 43.4 Å². The van der Waals surface area contributed by atoms with E-state index in [0.717, 1.165) is 12.8 Å². The average Bonchev–Trinajstić information content (AvgIpc) is 2.40. The fourth-order valence-corrected chi connectivity index (χ4v) is 3.46. The molecule has 18 heavy (non-hydrogen) atoms. The molecule has 2 N–H and O–H groups in total. The van der Waals surface area contributed by atoms with Crippen molar-refractivity contribution in [2.75, 3.05) is 13.2 Å². The second-order valence-electron chi connectivity index (χ2n) is 5.06. The lowest BCUT2D eigenvalue weighted by molar-refractivity contribution is 0.145. The van der Waals surface area contributed by atoms with Gasteiger partial charge >= 0.3 is 0 Å². The Labute approximate surface area is 111 Å². The van der Waals surface area contributed by atoms with Gasteiger partial charge in [-0.05, 0) is 11.6 Å². The summed E-state index contributed by atoms with van der Waals surface area (Å²) in [5.41, 5.74) is 3.40. The Morgan fingerprint density at radius 3 is 2.28 bits per heavy atom. The van der Waals surface area contributed by atoms with Gasteiger partial charge in [0.05, 0.1) is 0 Å². The van der Waals surface area contributed by atoms with Crippen molar-refractivity contribution in [1.29, 1.82) is 0 Å². The van der Waals surface area contributed by atoms with Gasteiger partial charge in [-0.2, -0.15) is 0 Å². The summed E-state index contributed by atoms with van der Waals surface area (Å²) in [4.78, 5) is 0. The summed E-state index contributed by atoms with van der Waals surface area (Å²) in [5.74, 6) is 3.19. The molecule has 0 saturated carbocycles. The van der Waals surface area contributed by atoms with Crippen LogP contribution in [0.2, 0.25) is 13.1 Å². The van der Waals surface area contributed by atoms with E-state index in [1.807, 2.05) is 6.07 Å². The molecule has 0 fully saturated rings. The number of benzene rings is 1. The lowest BCUT2D eigenvalue weighted by Gasteiger charge is -2.15. The van der Waals surface area contributed by atoms with Crippen molar-refractivity contribution in [1.82, 2.24) is 0 Å². The van der Waals surface area contributed by atoms with Crippen LogP contribution >= 0.6 is 0 Å². The molecule has 0 aliphatic rings. The van der Waals surface area contributed by atoms with Crippen LogP contribution in [0.4, 0.5) is 0 Å². The van der Waals surface area contributed by atoms with E-state index in [1.54, 1.807) is 0 Å². The van der Waals surface area contributed by atoms with Crippen LogP contribution in [0.3, 0.4) is 0 Å². The summed E-state index contributed by atoms with van der Waals surface area (Å²) in [5, 5.41) is 19.3. The number of aliphatic hydroxyl groups is 2. The molecular weight excluding hydrogens is 240 g/mol. The smallest absolute Gasteiger partial charge is 0.162 e. The Kier molecular flexibility index (Phi) is 6.13.